The molecule has 0 aliphatic rings. The number of halogens is 3. The summed E-state index contributed by atoms with van der Waals surface area (Å²) >= 11 is 0. The molecule has 7 N–H and O–H groups in total. The first kappa shape index (κ1) is 30.9. The van der Waals surface area contributed by atoms with Crippen LogP contribution < -0.4 is 22.1 Å². The first-order valence-electron chi connectivity index (χ1n) is 12.6. The monoisotopic (exact) mass is 573 g/mol. The zero-order valence-electron chi connectivity index (χ0n) is 21.9. The van der Waals surface area contributed by atoms with E-state index in [0.717, 1.165) is 5.56 Å². The predicted octanol–water partition coefficient (Wildman–Crippen LogP) is 2.84. The SMILES string of the molecule is NC(=O)CNC(=O)c1cc2ccccc2cc1N=C(OCCCCNC(=O)C(N)Cc1ccc(O)cc1)C(F)(F)F. The van der Waals surface area contributed by atoms with Gasteiger partial charge in [-0.3, -0.25) is 14.4 Å². The van der Waals surface area contributed by atoms with Gasteiger partial charge in [0.25, 0.3) is 11.8 Å². The van der Waals surface area contributed by atoms with Gasteiger partial charge in [-0.05, 0) is 59.9 Å². The van der Waals surface area contributed by atoms with E-state index in [0.29, 0.717) is 17.2 Å². The van der Waals surface area contributed by atoms with Crippen molar-refractivity contribution in [2.45, 2.75) is 31.5 Å². The Hall–Kier alpha value is -4.65. The van der Waals surface area contributed by atoms with E-state index >= 15 is 0 Å². The molecule has 0 aliphatic heterocycles. The van der Waals surface area contributed by atoms with Crippen molar-refractivity contribution in [3.05, 3.63) is 71.8 Å². The number of unbranched alkanes of at least 4 members (excludes halogenated alkanes) is 1. The number of carbonyl (C=O) groups excluding carboxylic acids is 3. The number of rotatable bonds is 12. The number of phenolic OH excluding ortho intramolecular Hbond substituents is 1. The fourth-order valence-electron chi connectivity index (χ4n) is 3.77. The molecule has 1 atom stereocenters. The number of carbonyl (C=O) groups is 3. The number of aromatic hydroxyl groups is 1. The van der Waals surface area contributed by atoms with Gasteiger partial charge in [-0.2, -0.15) is 13.2 Å². The Morgan fingerprint density at radius 3 is 2.27 bits per heavy atom. The molecular weight excluding hydrogens is 543 g/mol. The number of alkyl halides is 3. The van der Waals surface area contributed by atoms with E-state index in [1.165, 1.54) is 24.3 Å². The molecule has 1 unspecified atom stereocenters. The summed E-state index contributed by atoms with van der Waals surface area (Å²) < 4.78 is 46.3. The van der Waals surface area contributed by atoms with Crippen LogP contribution in [0.25, 0.3) is 10.8 Å². The molecule has 0 bridgehead atoms. The van der Waals surface area contributed by atoms with E-state index in [4.69, 9.17) is 16.2 Å². The number of nitrogens with zero attached hydrogens (tertiary/aromatic N) is 1. The molecule has 0 heterocycles. The van der Waals surface area contributed by atoms with E-state index in [1.54, 1.807) is 36.4 Å². The van der Waals surface area contributed by atoms with Crippen LogP contribution in [0.5, 0.6) is 5.75 Å². The summed E-state index contributed by atoms with van der Waals surface area (Å²) in [4.78, 5) is 39.5. The van der Waals surface area contributed by atoms with Crippen LogP contribution in [0.3, 0.4) is 0 Å². The minimum atomic E-state index is -4.96. The second-order valence-electron chi connectivity index (χ2n) is 9.10. The molecule has 0 fully saturated rings. The highest BCUT2D eigenvalue weighted by Gasteiger charge is 2.38. The van der Waals surface area contributed by atoms with E-state index in [9.17, 15) is 32.7 Å². The molecule has 3 rings (SSSR count). The zero-order chi connectivity index (χ0) is 30.0. The number of ether oxygens (including phenoxy) is 1. The Morgan fingerprint density at radius 2 is 1.63 bits per heavy atom. The summed E-state index contributed by atoms with van der Waals surface area (Å²) in [5.74, 6) is -3.52. The van der Waals surface area contributed by atoms with Gasteiger partial charge in [-0.1, -0.05) is 36.4 Å². The van der Waals surface area contributed by atoms with Crippen molar-refractivity contribution in [3.8, 4) is 5.75 Å². The standard InChI is InChI=1S/C28H30F3N5O5/c29-28(30,31)27(41-12-4-3-11-34-26(40)22(32)13-17-7-9-20(37)10-8-17)36-23-15-19-6-2-1-5-18(19)14-21(23)25(39)35-16-24(33)38/h1-2,5-10,14-15,22,37H,3-4,11-13,16,32H2,(H2,33,38)(H,34,40)(H,35,39). The van der Waals surface area contributed by atoms with Gasteiger partial charge in [-0.25, -0.2) is 4.99 Å². The minimum Gasteiger partial charge on any atom is -0.508 e. The Bertz CT molecular complexity index is 1410. The Balaban J connectivity index is 1.61. The number of primary amides is 1. The van der Waals surface area contributed by atoms with Crippen molar-refractivity contribution in [2.24, 2.45) is 16.5 Å². The molecule has 218 valence electrons. The van der Waals surface area contributed by atoms with Gasteiger partial charge < -0.3 is 31.9 Å². The lowest BCUT2D eigenvalue weighted by molar-refractivity contribution is -0.122. The number of aliphatic imine (C=N–C) groups is 1. The lowest BCUT2D eigenvalue weighted by Crippen LogP contribution is -2.42. The Kier molecular flexibility index (Phi) is 10.6. The van der Waals surface area contributed by atoms with Crippen molar-refractivity contribution < 1.29 is 37.4 Å². The maximum absolute atomic E-state index is 13.8. The predicted molar refractivity (Wildman–Crippen MR) is 147 cm³/mol. The summed E-state index contributed by atoms with van der Waals surface area (Å²) in [7, 11) is 0. The van der Waals surface area contributed by atoms with Crippen LogP contribution in [0, 0.1) is 0 Å². The second-order valence-corrected chi connectivity index (χ2v) is 9.10. The molecule has 0 saturated heterocycles. The number of amides is 3. The smallest absolute Gasteiger partial charge is 0.468 e. The van der Waals surface area contributed by atoms with Crippen molar-refractivity contribution in [2.75, 3.05) is 19.7 Å². The van der Waals surface area contributed by atoms with Gasteiger partial charge in [0.15, 0.2) is 0 Å². The average molecular weight is 574 g/mol. The van der Waals surface area contributed by atoms with Crippen LogP contribution in [0.15, 0.2) is 65.7 Å². The first-order valence-corrected chi connectivity index (χ1v) is 12.6. The molecule has 0 aliphatic carbocycles. The van der Waals surface area contributed by atoms with Crippen LogP contribution in [0.4, 0.5) is 18.9 Å². The van der Waals surface area contributed by atoms with Crippen molar-refractivity contribution >= 4 is 40.1 Å². The maximum Gasteiger partial charge on any atom is 0.468 e. The molecule has 3 amide bonds. The summed E-state index contributed by atoms with van der Waals surface area (Å²) in [5.41, 5.74) is 11.2. The molecule has 3 aromatic rings. The van der Waals surface area contributed by atoms with Gasteiger partial charge in [0.05, 0.1) is 30.4 Å². The molecule has 0 saturated carbocycles. The van der Waals surface area contributed by atoms with Crippen molar-refractivity contribution in [1.82, 2.24) is 10.6 Å². The number of benzene rings is 3. The minimum absolute atomic E-state index is 0.0936. The van der Waals surface area contributed by atoms with Crippen molar-refractivity contribution in [1.29, 1.82) is 0 Å². The number of fused-ring (bicyclic) bond motifs is 1. The fraction of sp³-hybridized carbons (Fsp3) is 0.286. The van der Waals surface area contributed by atoms with Gasteiger partial charge >= 0.3 is 6.18 Å². The summed E-state index contributed by atoms with van der Waals surface area (Å²) in [6.07, 6.45) is -4.24. The summed E-state index contributed by atoms with van der Waals surface area (Å²) in [6, 6.07) is 14.8. The lowest BCUT2D eigenvalue weighted by atomic mass is 10.0. The van der Waals surface area contributed by atoms with E-state index in [-0.39, 0.29) is 43.0 Å². The van der Waals surface area contributed by atoms with Gasteiger partial charge in [-0.15, -0.1) is 0 Å². The van der Waals surface area contributed by atoms with E-state index in [1.807, 2.05) is 0 Å². The van der Waals surface area contributed by atoms with Gasteiger partial charge in [0.1, 0.15) is 5.75 Å². The molecule has 0 radical (unpaired) electrons. The molecule has 0 aromatic heterocycles. The third-order valence-electron chi connectivity index (χ3n) is 5.83. The Morgan fingerprint density at radius 1 is 0.976 bits per heavy atom. The number of hydrogen-bond acceptors (Lipinski definition) is 7. The summed E-state index contributed by atoms with van der Waals surface area (Å²) in [5, 5.41) is 15.3. The number of nitrogens with two attached hydrogens (primary N) is 2. The van der Waals surface area contributed by atoms with Gasteiger partial charge in [0.2, 0.25) is 11.8 Å². The van der Waals surface area contributed by atoms with Crippen molar-refractivity contribution in [3.63, 3.8) is 0 Å². The second kappa shape index (κ2) is 14.1. The van der Waals surface area contributed by atoms with Crippen LogP contribution in [-0.2, 0) is 20.7 Å². The largest absolute Gasteiger partial charge is 0.508 e. The topological polar surface area (TPSA) is 169 Å². The normalized spacial score (nSPS) is 12.5. The van der Waals surface area contributed by atoms with Crippen LogP contribution in [-0.4, -0.2) is 60.6 Å². The Labute approximate surface area is 233 Å². The molecule has 10 nitrogen and oxygen atoms in total. The number of phenols is 1. The van der Waals surface area contributed by atoms with E-state index < -0.39 is 42.4 Å². The number of hydrogen-bond donors (Lipinski definition) is 5. The average Bonchev–Trinajstić information content (AvgIpc) is 2.92. The fourth-order valence-corrected chi connectivity index (χ4v) is 3.77. The highest BCUT2D eigenvalue weighted by molar-refractivity contribution is 6.05. The third kappa shape index (κ3) is 9.49. The third-order valence-corrected chi connectivity index (χ3v) is 5.83. The van der Waals surface area contributed by atoms with Crippen LogP contribution in [0.2, 0.25) is 0 Å². The van der Waals surface area contributed by atoms with Crippen LogP contribution >= 0.6 is 0 Å². The zero-order valence-corrected chi connectivity index (χ0v) is 21.9. The molecular formula is C28H30F3N5O5. The molecule has 0 spiro atoms. The molecule has 41 heavy (non-hydrogen) atoms. The van der Waals surface area contributed by atoms with E-state index in [2.05, 4.69) is 15.6 Å². The highest BCUT2D eigenvalue weighted by Crippen LogP contribution is 2.29. The number of nitrogens with one attached hydrogen (secondary N) is 2. The maximum atomic E-state index is 13.8. The quantitative estimate of drug-likeness (QED) is 0.127. The molecule has 3 aromatic carbocycles. The lowest BCUT2D eigenvalue weighted by Gasteiger charge is -2.15. The molecule has 13 heteroatoms. The van der Waals surface area contributed by atoms with Gasteiger partial charge in [0, 0.05) is 6.54 Å². The van der Waals surface area contributed by atoms with Crippen LogP contribution in [0.1, 0.15) is 28.8 Å². The first-order chi connectivity index (χ1) is 19.4. The highest BCUT2D eigenvalue weighted by atomic mass is 19.4. The summed E-state index contributed by atoms with van der Waals surface area (Å²) in [6.45, 7) is -0.695.